The first-order valence-corrected chi connectivity index (χ1v) is 8.33. The van der Waals surface area contributed by atoms with Gasteiger partial charge in [0.25, 0.3) is 0 Å². The molecule has 0 heterocycles. The Labute approximate surface area is 129 Å². The van der Waals surface area contributed by atoms with E-state index in [0.717, 1.165) is 18.5 Å². The molecule has 0 fully saturated rings. The standard InChI is InChI=1S/C18H30N2O/c1-2-3-4-5-6-7-8-9-18(21)20-15-14-16-10-12-17(19)13-11-16/h10-13H,2-9,14-15,19H2,1H3,(H,20,21). The minimum absolute atomic E-state index is 0.180. The molecule has 0 saturated heterocycles. The van der Waals surface area contributed by atoms with Crippen molar-refractivity contribution >= 4 is 11.6 Å². The highest BCUT2D eigenvalue weighted by Crippen LogP contribution is 2.08. The van der Waals surface area contributed by atoms with Crippen LogP contribution in [0.3, 0.4) is 0 Å². The zero-order chi connectivity index (χ0) is 15.3. The van der Waals surface area contributed by atoms with E-state index in [1.807, 2.05) is 24.3 Å². The lowest BCUT2D eigenvalue weighted by Gasteiger charge is -2.06. The first-order chi connectivity index (χ1) is 10.2. The largest absolute Gasteiger partial charge is 0.399 e. The Morgan fingerprint density at radius 1 is 1.00 bits per heavy atom. The molecular weight excluding hydrogens is 260 g/mol. The second kappa shape index (κ2) is 11.2. The van der Waals surface area contributed by atoms with Gasteiger partial charge in [-0.25, -0.2) is 0 Å². The van der Waals surface area contributed by atoms with Crippen molar-refractivity contribution in [2.75, 3.05) is 12.3 Å². The molecule has 0 spiro atoms. The van der Waals surface area contributed by atoms with Gasteiger partial charge in [-0.2, -0.15) is 0 Å². The molecule has 0 aliphatic carbocycles. The van der Waals surface area contributed by atoms with Crippen LogP contribution >= 0.6 is 0 Å². The minimum atomic E-state index is 0.180. The maximum Gasteiger partial charge on any atom is 0.220 e. The smallest absolute Gasteiger partial charge is 0.220 e. The third kappa shape index (κ3) is 9.11. The third-order valence-electron chi connectivity index (χ3n) is 3.72. The van der Waals surface area contributed by atoms with E-state index >= 15 is 0 Å². The second-order valence-corrected chi connectivity index (χ2v) is 5.71. The van der Waals surface area contributed by atoms with Crippen molar-refractivity contribution in [3.63, 3.8) is 0 Å². The maximum atomic E-state index is 11.7. The number of nitrogen functional groups attached to an aromatic ring is 1. The van der Waals surface area contributed by atoms with E-state index in [1.54, 1.807) is 0 Å². The molecule has 3 N–H and O–H groups in total. The lowest BCUT2D eigenvalue weighted by Crippen LogP contribution is -2.25. The average Bonchev–Trinajstić information content (AvgIpc) is 2.48. The van der Waals surface area contributed by atoms with Crippen LogP contribution < -0.4 is 11.1 Å². The molecule has 0 bridgehead atoms. The van der Waals surface area contributed by atoms with Gasteiger partial charge >= 0.3 is 0 Å². The number of rotatable bonds is 11. The molecule has 0 aliphatic rings. The second-order valence-electron chi connectivity index (χ2n) is 5.71. The molecule has 3 heteroatoms. The molecule has 1 amide bonds. The summed E-state index contributed by atoms with van der Waals surface area (Å²) in [6.45, 7) is 2.94. The summed E-state index contributed by atoms with van der Waals surface area (Å²) in [5.41, 5.74) is 7.63. The third-order valence-corrected chi connectivity index (χ3v) is 3.72. The lowest BCUT2D eigenvalue weighted by atomic mass is 10.1. The number of benzene rings is 1. The molecule has 1 aromatic carbocycles. The quantitative estimate of drug-likeness (QED) is 0.477. The van der Waals surface area contributed by atoms with E-state index in [1.165, 1.54) is 44.1 Å². The fourth-order valence-corrected chi connectivity index (χ4v) is 2.36. The summed E-state index contributed by atoms with van der Waals surface area (Å²) >= 11 is 0. The summed E-state index contributed by atoms with van der Waals surface area (Å²) in [5, 5.41) is 2.99. The highest BCUT2D eigenvalue weighted by molar-refractivity contribution is 5.75. The maximum absolute atomic E-state index is 11.7. The SMILES string of the molecule is CCCCCCCCCC(=O)NCCc1ccc(N)cc1. The summed E-state index contributed by atoms with van der Waals surface area (Å²) in [4.78, 5) is 11.7. The molecular formula is C18H30N2O. The predicted octanol–water partition coefficient (Wildman–Crippen LogP) is 4.07. The lowest BCUT2D eigenvalue weighted by molar-refractivity contribution is -0.121. The summed E-state index contributed by atoms with van der Waals surface area (Å²) in [5.74, 6) is 0.180. The van der Waals surface area contributed by atoms with E-state index in [9.17, 15) is 4.79 Å². The monoisotopic (exact) mass is 290 g/mol. The topological polar surface area (TPSA) is 55.1 Å². The normalized spacial score (nSPS) is 10.5. The van der Waals surface area contributed by atoms with Crippen molar-refractivity contribution in [1.29, 1.82) is 0 Å². The minimum Gasteiger partial charge on any atom is -0.399 e. The van der Waals surface area contributed by atoms with Crippen molar-refractivity contribution in [3.8, 4) is 0 Å². The Bertz CT molecular complexity index is 387. The van der Waals surface area contributed by atoms with E-state index in [-0.39, 0.29) is 5.91 Å². The number of hydrogen-bond donors (Lipinski definition) is 2. The number of nitrogens with one attached hydrogen (secondary N) is 1. The summed E-state index contributed by atoms with van der Waals surface area (Å²) < 4.78 is 0. The van der Waals surface area contributed by atoms with Crippen molar-refractivity contribution in [1.82, 2.24) is 5.32 Å². The fraction of sp³-hybridized carbons (Fsp3) is 0.611. The van der Waals surface area contributed by atoms with Gasteiger partial charge in [0.05, 0.1) is 0 Å². The van der Waals surface area contributed by atoms with Crippen LogP contribution in [0, 0.1) is 0 Å². The highest BCUT2D eigenvalue weighted by Gasteiger charge is 2.01. The van der Waals surface area contributed by atoms with Crippen molar-refractivity contribution in [3.05, 3.63) is 29.8 Å². The average molecular weight is 290 g/mol. The molecule has 1 aromatic rings. The molecule has 0 atom stereocenters. The zero-order valence-corrected chi connectivity index (χ0v) is 13.4. The first kappa shape index (κ1) is 17.5. The molecule has 0 unspecified atom stereocenters. The van der Waals surface area contributed by atoms with Crippen LogP contribution in [0.5, 0.6) is 0 Å². The van der Waals surface area contributed by atoms with Gasteiger partial charge in [0.15, 0.2) is 0 Å². The Balaban J connectivity index is 1.97. The van der Waals surface area contributed by atoms with Gasteiger partial charge in [-0.05, 0) is 30.5 Å². The summed E-state index contributed by atoms with van der Waals surface area (Å²) in [6.07, 6.45) is 10.3. The van der Waals surface area contributed by atoms with Crippen molar-refractivity contribution < 1.29 is 4.79 Å². The Hall–Kier alpha value is -1.51. The number of nitrogens with two attached hydrogens (primary N) is 1. The Morgan fingerprint density at radius 3 is 2.29 bits per heavy atom. The Morgan fingerprint density at radius 2 is 1.62 bits per heavy atom. The molecule has 1 rings (SSSR count). The first-order valence-electron chi connectivity index (χ1n) is 8.33. The number of unbranched alkanes of at least 4 members (excludes halogenated alkanes) is 6. The van der Waals surface area contributed by atoms with Crippen LogP contribution in [0.2, 0.25) is 0 Å². The van der Waals surface area contributed by atoms with Crippen LogP contribution in [-0.2, 0) is 11.2 Å². The van der Waals surface area contributed by atoms with E-state index in [2.05, 4.69) is 12.2 Å². The van der Waals surface area contributed by atoms with Crippen LogP contribution in [0.15, 0.2) is 24.3 Å². The Kier molecular flexibility index (Phi) is 9.34. The molecule has 0 aliphatic heterocycles. The van der Waals surface area contributed by atoms with Gasteiger partial charge < -0.3 is 11.1 Å². The molecule has 118 valence electrons. The zero-order valence-electron chi connectivity index (χ0n) is 13.4. The predicted molar refractivity (Wildman–Crippen MR) is 90.2 cm³/mol. The van der Waals surface area contributed by atoms with Gasteiger partial charge in [0.2, 0.25) is 5.91 Å². The van der Waals surface area contributed by atoms with E-state index in [0.29, 0.717) is 13.0 Å². The van der Waals surface area contributed by atoms with Crippen molar-refractivity contribution in [2.24, 2.45) is 0 Å². The summed E-state index contributed by atoms with van der Waals surface area (Å²) in [6, 6.07) is 7.82. The fourth-order valence-electron chi connectivity index (χ4n) is 2.36. The van der Waals surface area contributed by atoms with Crippen LogP contribution in [0.4, 0.5) is 5.69 Å². The van der Waals surface area contributed by atoms with Crippen LogP contribution in [-0.4, -0.2) is 12.5 Å². The number of carbonyl (C=O) groups excluding carboxylic acids is 1. The highest BCUT2D eigenvalue weighted by atomic mass is 16.1. The number of amides is 1. The van der Waals surface area contributed by atoms with Crippen molar-refractivity contribution in [2.45, 2.75) is 64.7 Å². The van der Waals surface area contributed by atoms with Gasteiger partial charge in [0.1, 0.15) is 0 Å². The van der Waals surface area contributed by atoms with E-state index in [4.69, 9.17) is 5.73 Å². The van der Waals surface area contributed by atoms with Gasteiger partial charge in [-0.3, -0.25) is 4.79 Å². The molecule has 0 saturated carbocycles. The number of hydrogen-bond acceptors (Lipinski definition) is 2. The number of carbonyl (C=O) groups is 1. The molecule has 21 heavy (non-hydrogen) atoms. The van der Waals surface area contributed by atoms with Gasteiger partial charge in [0, 0.05) is 18.7 Å². The number of anilines is 1. The van der Waals surface area contributed by atoms with Gasteiger partial charge in [-0.1, -0.05) is 57.6 Å². The van der Waals surface area contributed by atoms with E-state index < -0.39 is 0 Å². The van der Waals surface area contributed by atoms with Gasteiger partial charge in [-0.15, -0.1) is 0 Å². The molecule has 0 radical (unpaired) electrons. The molecule has 3 nitrogen and oxygen atoms in total. The molecule has 0 aromatic heterocycles. The summed E-state index contributed by atoms with van der Waals surface area (Å²) in [7, 11) is 0. The van der Waals surface area contributed by atoms with Crippen LogP contribution in [0.1, 0.15) is 63.9 Å². The van der Waals surface area contributed by atoms with Crippen LogP contribution in [0.25, 0.3) is 0 Å².